The summed E-state index contributed by atoms with van der Waals surface area (Å²) in [6.45, 7) is -0.431. The summed E-state index contributed by atoms with van der Waals surface area (Å²) in [7, 11) is 0. The van der Waals surface area contributed by atoms with Crippen LogP contribution in [0.5, 0.6) is 0 Å². The van der Waals surface area contributed by atoms with E-state index in [0.717, 1.165) is 0 Å². The van der Waals surface area contributed by atoms with Crippen molar-refractivity contribution in [2.45, 2.75) is 67.5 Å². The third-order valence-electron chi connectivity index (χ3n) is 5.28. The Morgan fingerprint density at radius 2 is 1.62 bits per heavy atom. The summed E-state index contributed by atoms with van der Waals surface area (Å²) < 4.78 is 10.9. The standard InChI is InChI=1S/C14H25NO9/c16-3-5-13(10(20)8-6(18)1-2-15(5)8)24-14-12(22)11(21)9(19)7(4-17)23-14/h5-14,16-22H,1-4H2/t5-,6+,7-,8-,9-,10+,11+,12-,13-,14+/m1/s1. The first-order valence-corrected chi connectivity index (χ1v) is 8.09. The van der Waals surface area contributed by atoms with Crippen LogP contribution in [0.2, 0.25) is 0 Å². The Hall–Kier alpha value is -0.400. The van der Waals surface area contributed by atoms with E-state index in [-0.39, 0.29) is 6.61 Å². The lowest BCUT2D eigenvalue weighted by atomic mass is 9.98. The second-order valence-corrected chi connectivity index (χ2v) is 6.62. The Labute approximate surface area is 138 Å². The quantitative estimate of drug-likeness (QED) is 0.262. The van der Waals surface area contributed by atoms with Crippen LogP contribution in [0.4, 0.5) is 0 Å². The van der Waals surface area contributed by atoms with Crippen LogP contribution in [0.1, 0.15) is 6.42 Å². The smallest absolute Gasteiger partial charge is 0.187 e. The van der Waals surface area contributed by atoms with Gasteiger partial charge in [-0.2, -0.15) is 0 Å². The first-order valence-electron chi connectivity index (χ1n) is 8.09. The summed E-state index contributed by atoms with van der Waals surface area (Å²) in [5.74, 6) is 0. The Balaban J connectivity index is 1.74. The van der Waals surface area contributed by atoms with Crippen LogP contribution in [0.25, 0.3) is 0 Å². The summed E-state index contributed by atoms with van der Waals surface area (Å²) in [5.41, 5.74) is 0. The van der Waals surface area contributed by atoms with E-state index >= 15 is 0 Å². The van der Waals surface area contributed by atoms with Crippen LogP contribution in [0, 0.1) is 0 Å². The average Bonchev–Trinajstić information content (AvgIpc) is 3.07. The van der Waals surface area contributed by atoms with Crippen LogP contribution < -0.4 is 0 Å². The molecule has 3 fully saturated rings. The van der Waals surface area contributed by atoms with Gasteiger partial charge < -0.3 is 45.2 Å². The van der Waals surface area contributed by atoms with E-state index < -0.39 is 67.7 Å². The molecule has 3 aliphatic rings. The van der Waals surface area contributed by atoms with Crippen molar-refractivity contribution >= 4 is 0 Å². The maximum Gasteiger partial charge on any atom is 0.187 e. The summed E-state index contributed by atoms with van der Waals surface area (Å²) in [5, 5.41) is 68.9. The molecule has 3 aliphatic heterocycles. The molecule has 0 spiro atoms. The summed E-state index contributed by atoms with van der Waals surface area (Å²) in [6, 6.07) is -1.19. The summed E-state index contributed by atoms with van der Waals surface area (Å²) in [4.78, 5) is 1.75. The van der Waals surface area contributed by atoms with E-state index in [9.17, 15) is 35.7 Å². The van der Waals surface area contributed by atoms with E-state index in [4.69, 9.17) is 9.47 Å². The van der Waals surface area contributed by atoms with Crippen molar-refractivity contribution in [3.8, 4) is 0 Å². The lowest BCUT2D eigenvalue weighted by Crippen LogP contribution is -2.60. The monoisotopic (exact) mass is 351 g/mol. The molecule has 0 bridgehead atoms. The lowest BCUT2D eigenvalue weighted by molar-refractivity contribution is -0.317. The number of hydrogen-bond acceptors (Lipinski definition) is 10. The van der Waals surface area contributed by atoms with Crippen LogP contribution in [0.3, 0.4) is 0 Å². The Bertz CT molecular complexity index is 438. The number of aliphatic hydroxyl groups excluding tert-OH is 7. The molecule has 140 valence electrons. The van der Waals surface area contributed by atoms with Crippen LogP contribution in [-0.2, 0) is 9.47 Å². The molecule has 3 rings (SSSR count). The highest BCUT2D eigenvalue weighted by atomic mass is 16.7. The molecule has 0 radical (unpaired) electrons. The maximum absolute atomic E-state index is 10.5. The van der Waals surface area contributed by atoms with Crippen LogP contribution in [0.15, 0.2) is 0 Å². The van der Waals surface area contributed by atoms with Gasteiger partial charge >= 0.3 is 0 Å². The Morgan fingerprint density at radius 1 is 0.917 bits per heavy atom. The molecule has 0 aromatic carbocycles. The zero-order chi connectivity index (χ0) is 17.6. The molecule has 0 saturated carbocycles. The topological polar surface area (TPSA) is 163 Å². The number of nitrogens with zero attached hydrogens (tertiary/aromatic N) is 1. The molecule has 0 aliphatic carbocycles. The third kappa shape index (κ3) is 2.86. The van der Waals surface area contributed by atoms with Gasteiger partial charge in [0, 0.05) is 6.54 Å². The molecule has 3 saturated heterocycles. The van der Waals surface area contributed by atoms with Gasteiger partial charge in [0.2, 0.25) is 0 Å². The van der Waals surface area contributed by atoms with Crippen molar-refractivity contribution in [3.63, 3.8) is 0 Å². The second kappa shape index (κ2) is 7.08. The van der Waals surface area contributed by atoms with E-state index in [1.165, 1.54) is 0 Å². The molecule has 0 amide bonds. The van der Waals surface area contributed by atoms with Crippen molar-refractivity contribution in [2.75, 3.05) is 19.8 Å². The van der Waals surface area contributed by atoms with Gasteiger partial charge in [-0.1, -0.05) is 0 Å². The third-order valence-corrected chi connectivity index (χ3v) is 5.28. The van der Waals surface area contributed by atoms with E-state index in [1.807, 2.05) is 0 Å². The highest BCUT2D eigenvalue weighted by Gasteiger charge is 2.56. The van der Waals surface area contributed by atoms with Gasteiger partial charge in [-0.05, 0) is 6.42 Å². The molecule has 7 N–H and O–H groups in total. The molecule has 10 nitrogen and oxygen atoms in total. The normalized spacial score (nSPS) is 52.6. The van der Waals surface area contributed by atoms with Gasteiger partial charge in [-0.15, -0.1) is 0 Å². The fourth-order valence-corrected chi connectivity index (χ4v) is 3.96. The van der Waals surface area contributed by atoms with E-state index in [2.05, 4.69) is 0 Å². The molecular weight excluding hydrogens is 326 g/mol. The minimum Gasteiger partial charge on any atom is -0.395 e. The highest BCUT2D eigenvalue weighted by molar-refractivity contribution is 5.08. The summed E-state index contributed by atoms with van der Waals surface area (Å²) >= 11 is 0. The average molecular weight is 351 g/mol. The predicted molar refractivity (Wildman–Crippen MR) is 76.6 cm³/mol. The first-order chi connectivity index (χ1) is 11.4. The van der Waals surface area contributed by atoms with E-state index in [1.54, 1.807) is 4.90 Å². The SMILES string of the molecule is OC[C@@H]1[C@@H](O[C@@H]2O[C@H](CO)[C@@H](O)[C@H](O)[C@H]2O)[C@@H](O)[C@H]2[C@@H](O)CCN21. The van der Waals surface area contributed by atoms with Gasteiger partial charge in [0.15, 0.2) is 6.29 Å². The van der Waals surface area contributed by atoms with Crippen LogP contribution in [-0.4, -0.2) is 122 Å². The number of rotatable bonds is 4. The predicted octanol–water partition coefficient (Wildman–Crippen LogP) is -4.66. The number of aliphatic hydroxyl groups is 7. The molecule has 10 heteroatoms. The largest absolute Gasteiger partial charge is 0.395 e. The number of fused-ring (bicyclic) bond motifs is 1. The maximum atomic E-state index is 10.5. The lowest BCUT2D eigenvalue weighted by Gasteiger charge is -2.41. The van der Waals surface area contributed by atoms with Crippen molar-refractivity contribution in [3.05, 3.63) is 0 Å². The van der Waals surface area contributed by atoms with Gasteiger partial charge in [-0.3, -0.25) is 4.90 Å². The second-order valence-electron chi connectivity index (χ2n) is 6.62. The van der Waals surface area contributed by atoms with Gasteiger partial charge in [0.05, 0.1) is 37.5 Å². The molecule has 0 aromatic rings. The molecule has 0 aromatic heterocycles. The zero-order valence-electron chi connectivity index (χ0n) is 13.0. The minimum atomic E-state index is -1.59. The van der Waals surface area contributed by atoms with Crippen molar-refractivity contribution in [2.24, 2.45) is 0 Å². The molecule has 3 heterocycles. The summed E-state index contributed by atoms with van der Waals surface area (Å²) in [6.07, 6.45) is -9.55. The Morgan fingerprint density at radius 3 is 2.25 bits per heavy atom. The van der Waals surface area contributed by atoms with Crippen molar-refractivity contribution in [1.82, 2.24) is 4.90 Å². The van der Waals surface area contributed by atoms with E-state index in [0.29, 0.717) is 13.0 Å². The molecular formula is C14H25NO9. The molecule has 10 atom stereocenters. The van der Waals surface area contributed by atoms with Crippen molar-refractivity contribution in [1.29, 1.82) is 0 Å². The van der Waals surface area contributed by atoms with Crippen molar-refractivity contribution < 1.29 is 45.2 Å². The zero-order valence-corrected chi connectivity index (χ0v) is 13.0. The number of hydrogen-bond donors (Lipinski definition) is 7. The minimum absolute atomic E-state index is 0.331. The van der Waals surface area contributed by atoms with Gasteiger partial charge in [-0.25, -0.2) is 0 Å². The highest BCUT2D eigenvalue weighted by Crippen LogP contribution is 2.36. The van der Waals surface area contributed by atoms with Crippen LogP contribution >= 0.6 is 0 Å². The number of ether oxygens (including phenoxy) is 2. The fraction of sp³-hybridized carbons (Fsp3) is 1.00. The Kier molecular flexibility index (Phi) is 5.42. The fourth-order valence-electron chi connectivity index (χ4n) is 3.96. The first kappa shape index (κ1) is 18.4. The van der Waals surface area contributed by atoms with Gasteiger partial charge in [0.25, 0.3) is 0 Å². The molecule has 0 unspecified atom stereocenters. The van der Waals surface area contributed by atoms with Gasteiger partial charge in [0.1, 0.15) is 30.5 Å². The molecule has 24 heavy (non-hydrogen) atoms.